The van der Waals surface area contributed by atoms with E-state index >= 15 is 0 Å². The number of carbonyl (C=O) groups is 2. The van der Waals surface area contributed by atoms with Crippen LogP contribution in [0, 0.1) is 0 Å². The molecule has 1 N–H and O–H groups in total. The fourth-order valence-electron chi connectivity index (χ4n) is 2.65. The number of nitrogens with one attached hydrogen (secondary N) is 1. The van der Waals surface area contributed by atoms with Crippen LogP contribution in [0.3, 0.4) is 0 Å². The van der Waals surface area contributed by atoms with Crippen LogP contribution in [0.1, 0.15) is 30.9 Å². The number of benzene rings is 1. The van der Waals surface area contributed by atoms with E-state index in [1.165, 1.54) is 11.8 Å². The molecule has 1 aliphatic heterocycles. The second kappa shape index (κ2) is 7.78. The van der Waals surface area contributed by atoms with Crippen molar-refractivity contribution in [3.8, 4) is 0 Å². The van der Waals surface area contributed by atoms with Gasteiger partial charge in [0.25, 0.3) is 5.91 Å². The Morgan fingerprint density at radius 3 is 2.52 bits per heavy atom. The van der Waals surface area contributed by atoms with Crippen molar-refractivity contribution in [3.63, 3.8) is 0 Å². The SMILES string of the molecule is O=C(CS[C@H]1CCS(=O)(=O)C1)O[C@@H](C(=O)NC1CC1)c1ccccc1. The minimum absolute atomic E-state index is 0.0419. The summed E-state index contributed by atoms with van der Waals surface area (Å²) in [6, 6.07) is 9.09. The molecule has 1 aromatic carbocycles. The Labute approximate surface area is 151 Å². The zero-order chi connectivity index (χ0) is 17.9. The number of hydrogen-bond acceptors (Lipinski definition) is 6. The Morgan fingerprint density at radius 2 is 1.92 bits per heavy atom. The second-order valence-electron chi connectivity index (χ2n) is 6.40. The third kappa shape index (κ3) is 5.47. The van der Waals surface area contributed by atoms with Crippen molar-refractivity contribution in [2.24, 2.45) is 0 Å². The van der Waals surface area contributed by atoms with E-state index in [1.54, 1.807) is 24.3 Å². The van der Waals surface area contributed by atoms with Crippen LogP contribution in [0.2, 0.25) is 0 Å². The predicted octanol–water partition coefficient (Wildman–Crippen LogP) is 1.47. The highest BCUT2D eigenvalue weighted by molar-refractivity contribution is 8.02. The van der Waals surface area contributed by atoms with E-state index in [4.69, 9.17) is 4.74 Å². The molecule has 136 valence electrons. The maximum absolute atomic E-state index is 12.4. The lowest BCUT2D eigenvalue weighted by atomic mass is 10.1. The molecule has 1 saturated carbocycles. The summed E-state index contributed by atoms with van der Waals surface area (Å²) in [5, 5.41) is 2.79. The molecule has 0 radical (unpaired) electrons. The lowest BCUT2D eigenvalue weighted by molar-refractivity contribution is -0.154. The van der Waals surface area contributed by atoms with Crippen molar-refractivity contribution in [2.75, 3.05) is 17.3 Å². The number of carbonyl (C=O) groups excluding carboxylic acids is 2. The van der Waals surface area contributed by atoms with Crippen LogP contribution < -0.4 is 5.32 Å². The van der Waals surface area contributed by atoms with Gasteiger partial charge in [-0.3, -0.25) is 9.59 Å². The maximum Gasteiger partial charge on any atom is 0.317 e. The minimum atomic E-state index is -2.97. The first-order chi connectivity index (χ1) is 11.9. The molecular formula is C17H21NO5S2. The number of hydrogen-bond donors (Lipinski definition) is 1. The number of esters is 1. The van der Waals surface area contributed by atoms with E-state index in [-0.39, 0.29) is 34.5 Å². The van der Waals surface area contributed by atoms with Gasteiger partial charge in [0.05, 0.1) is 17.3 Å². The molecule has 1 heterocycles. The van der Waals surface area contributed by atoms with Crippen LogP contribution in [0.15, 0.2) is 30.3 Å². The molecule has 0 unspecified atom stereocenters. The number of rotatable bonds is 7. The van der Waals surface area contributed by atoms with Crippen molar-refractivity contribution in [1.82, 2.24) is 5.32 Å². The zero-order valence-corrected chi connectivity index (χ0v) is 15.4. The standard InChI is InChI=1S/C17H21NO5S2/c19-15(10-24-14-8-9-25(21,22)11-14)23-16(12-4-2-1-3-5-12)17(20)18-13-6-7-13/h1-5,13-14,16H,6-11H2,(H,18,20)/t14-,16+/m0/s1. The van der Waals surface area contributed by atoms with E-state index in [1.807, 2.05) is 6.07 Å². The van der Waals surface area contributed by atoms with E-state index in [9.17, 15) is 18.0 Å². The normalized spacial score (nSPS) is 23.0. The maximum atomic E-state index is 12.4. The molecule has 25 heavy (non-hydrogen) atoms. The molecule has 1 amide bonds. The summed E-state index contributed by atoms with van der Waals surface area (Å²) in [5.41, 5.74) is 0.627. The van der Waals surface area contributed by atoms with Gasteiger partial charge in [0.1, 0.15) is 0 Å². The summed E-state index contributed by atoms with van der Waals surface area (Å²) in [5.74, 6) is -0.490. The Morgan fingerprint density at radius 1 is 1.20 bits per heavy atom. The molecule has 0 bridgehead atoms. The molecule has 2 aliphatic rings. The van der Waals surface area contributed by atoms with Crippen molar-refractivity contribution in [2.45, 2.75) is 36.7 Å². The monoisotopic (exact) mass is 383 g/mol. The molecule has 1 saturated heterocycles. The van der Waals surface area contributed by atoms with Crippen molar-refractivity contribution < 1.29 is 22.7 Å². The number of amides is 1. The highest BCUT2D eigenvalue weighted by atomic mass is 32.2. The van der Waals surface area contributed by atoms with Gasteiger partial charge in [0.2, 0.25) is 6.10 Å². The van der Waals surface area contributed by atoms with E-state index in [2.05, 4.69) is 5.32 Å². The Balaban J connectivity index is 1.57. The molecule has 1 aromatic rings. The van der Waals surface area contributed by atoms with Crippen molar-refractivity contribution in [3.05, 3.63) is 35.9 Å². The zero-order valence-electron chi connectivity index (χ0n) is 13.7. The quantitative estimate of drug-likeness (QED) is 0.717. The lowest BCUT2D eigenvalue weighted by Crippen LogP contribution is -2.34. The summed E-state index contributed by atoms with van der Waals surface area (Å²) in [6.45, 7) is 0. The first kappa shape index (κ1) is 18.3. The van der Waals surface area contributed by atoms with Gasteiger partial charge in [0.15, 0.2) is 9.84 Å². The molecule has 3 rings (SSSR count). The Bertz CT molecular complexity index is 731. The highest BCUT2D eigenvalue weighted by Gasteiger charge is 2.32. The number of ether oxygens (including phenoxy) is 1. The molecule has 0 aromatic heterocycles. The topological polar surface area (TPSA) is 89.5 Å². The first-order valence-electron chi connectivity index (χ1n) is 8.30. The minimum Gasteiger partial charge on any atom is -0.447 e. The largest absolute Gasteiger partial charge is 0.447 e. The average molecular weight is 383 g/mol. The Kier molecular flexibility index (Phi) is 5.68. The fourth-order valence-corrected chi connectivity index (χ4v) is 6.07. The highest BCUT2D eigenvalue weighted by Crippen LogP contribution is 2.26. The van der Waals surface area contributed by atoms with Gasteiger partial charge < -0.3 is 10.1 Å². The second-order valence-corrected chi connectivity index (χ2v) is 9.92. The summed E-state index contributed by atoms with van der Waals surface area (Å²) < 4.78 is 28.3. The summed E-state index contributed by atoms with van der Waals surface area (Å²) in [6.07, 6.45) is 1.49. The van der Waals surface area contributed by atoms with Gasteiger partial charge in [-0.2, -0.15) is 0 Å². The van der Waals surface area contributed by atoms with E-state index < -0.39 is 21.9 Å². The summed E-state index contributed by atoms with van der Waals surface area (Å²) in [4.78, 5) is 24.6. The van der Waals surface area contributed by atoms with Crippen LogP contribution in [-0.4, -0.2) is 48.8 Å². The number of sulfone groups is 1. The van der Waals surface area contributed by atoms with Gasteiger partial charge in [0, 0.05) is 16.9 Å². The summed E-state index contributed by atoms with van der Waals surface area (Å²) >= 11 is 1.28. The van der Waals surface area contributed by atoms with Gasteiger partial charge >= 0.3 is 5.97 Å². The van der Waals surface area contributed by atoms with Crippen LogP contribution in [-0.2, 0) is 24.2 Å². The number of thioether (sulfide) groups is 1. The molecular weight excluding hydrogens is 362 g/mol. The average Bonchev–Trinajstić information content (AvgIpc) is 3.32. The van der Waals surface area contributed by atoms with Gasteiger partial charge in [-0.1, -0.05) is 30.3 Å². The van der Waals surface area contributed by atoms with E-state index in [0.29, 0.717) is 12.0 Å². The van der Waals surface area contributed by atoms with Crippen LogP contribution in [0.5, 0.6) is 0 Å². The van der Waals surface area contributed by atoms with Gasteiger partial charge in [-0.05, 0) is 19.3 Å². The third-order valence-corrected chi connectivity index (χ3v) is 7.40. The summed E-state index contributed by atoms with van der Waals surface area (Å²) in [7, 11) is -2.97. The lowest BCUT2D eigenvalue weighted by Gasteiger charge is -2.18. The predicted molar refractivity (Wildman–Crippen MR) is 96.0 cm³/mol. The molecule has 6 nitrogen and oxygen atoms in total. The smallest absolute Gasteiger partial charge is 0.317 e. The van der Waals surface area contributed by atoms with Gasteiger partial charge in [-0.15, -0.1) is 11.8 Å². The molecule has 2 fully saturated rings. The Hall–Kier alpha value is -1.54. The van der Waals surface area contributed by atoms with Gasteiger partial charge in [-0.25, -0.2) is 8.42 Å². The van der Waals surface area contributed by atoms with Crippen LogP contribution in [0.25, 0.3) is 0 Å². The molecule has 0 spiro atoms. The molecule has 1 aliphatic carbocycles. The molecule has 2 atom stereocenters. The van der Waals surface area contributed by atoms with Crippen molar-refractivity contribution in [1.29, 1.82) is 0 Å². The fraction of sp³-hybridized carbons (Fsp3) is 0.529. The van der Waals surface area contributed by atoms with Crippen LogP contribution in [0.4, 0.5) is 0 Å². The molecule has 8 heteroatoms. The van der Waals surface area contributed by atoms with E-state index in [0.717, 1.165) is 12.8 Å². The third-order valence-electron chi connectivity index (χ3n) is 4.14. The van der Waals surface area contributed by atoms with Crippen molar-refractivity contribution >= 4 is 33.5 Å². The van der Waals surface area contributed by atoms with Crippen LogP contribution >= 0.6 is 11.8 Å². The first-order valence-corrected chi connectivity index (χ1v) is 11.2.